The molecule has 0 heterocycles. The van der Waals surface area contributed by atoms with E-state index < -0.39 is 7.92 Å². The molecular weight excluding hydrogens is 363 g/mol. The monoisotopic (exact) mass is 396 g/mol. The van der Waals surface area contributed by atoms with E-state index in [1.807, 2.05) is 38.1 Å². The number of aliphatic hydroxyl groups is 1. The van der Waals surface area contributed by atoms with Crippen LogP contribution < -0.4 is 15.9 Å². The van der Waals surface area contributed by atoms with Crippen LogP contribution in [0.1, 0.15) is 34.1 Å². The molecular formula is C25H33O2P. The molecule has 0 aliphatic heterocycles. The first-order valence-electron chi connectivity index (χ1n) is 9.92. The van der Waals surface area contributed by atoms with Gasteiger partial charge in [0.25, 0.3) is 0 Å². The normalized spacial score (nSPS) is 9.96. The summed E-state index contributed by atoms with van der Waals surface area (Å²) in [6, 6.07) is 28.6. The number of phenolic OH excluding ortho intramolecular Hbond substituents is 1. The highest BCUT2D eigenvalue weighted by molar-refractivity contribution is 7.79. The zero-order valence-corrected chi connectivity index (χ0v) is 18.3. The van der Waals surface area contributed by atoms with E-state index in [1.54, 1.807) is 12.1 Å². The van der Waals surface area contributed by atoms with Gasteiger partial charge in [0.1, 0.15) is 5.75 Å². The van der Waals surface area contributed by atoms with Crippen LogP contribution >= 0.6 is 7.92 Å². The molecule has 3 aromatic carbocycles. The van der Waals surface area contributed by atoms with Crippen molar-refractivity contribution in [3.63, 3.8) is 0 Å². The predicted octanol–water partition coefficient (Wildman–Crippen LogP) is 5.20. The van der Waals surface area contributed by atoms with Gasteiger partial charge in [-0.25, -0.2) is 0 Å². The van der Waals surface area contributed by atoms with Crippen LogP contribution in [-0.2, 0) is 0 Å². The number of rotatable bonds is 5. The molecule has 3 rings (SSSR count). The standard InChI is InChI=1S/C18H15OP.C5H12O.C2H6/c19-15-11-13-18(14-12-15)20(16-7-3-1-4-8-16)17-9-5-2-6-10-17;1-5(2)3-4-6;1-2/h1-14,19H;5-6H,3-4H2,1-2H3;1-2H3. The molecule has 0 saturated heterocycles. The molecule has 3 aromatic rings. The van der Waals surface area contributed by atoms with E-state index in [9.17, 15) is 5.11 Å². The number of phenols is 1. The minimum Gasteiger partial charge on any atom is -0.508 e. The lowest BCUT2D eigenvalue weighted by molar-refractivity contribution is 0.268. The summed E-state index contributed by atoms with van der Waals surface area (Å²) in [4.78, 5) is 0. The summed E-state index contributed by atoms with van der Waals surface area (Å²) in [6.45, 7) is 8.52. The van der Waals surface area contributed by atoms with Crippen LogP contribution in [0.3, 0.4) is 0 Å². The van der Waals surface area contributed by atoms with Crippen molar-refractivity contribution in [2.75, 3.05) is 6.61 Å². The average molecular weight is 397 g/mol. The van der Waals surface area contributed by atoms with Gasteiger partial charge in [-0.15, -0.1) is 0 Å². The van der Waals surface area contributed by atoms with Crippen LogP contribution in [0.25, 0.3) is 0 Å². The Hall–Kier alpha value is -2.15. The Morgan fingerprint density at radius 3 is 1.39 bits per heavy atom. The number of benzene rings is 3. The van der Waals surface area contributed by atoms with E-state index in [4.69, 9.17) is 5.11 Å². The number of aromatic hydroxyl groups is 1. The molecule has 28 heavy (non-hydrogen) atoms. The highest BCUT2D eigenvalue weighted by Gasteiger charge is 2.15. The van der Waals surface area contributed by atoms with Crippen LogP contribution in [0.15, 0.2) is 84.9 Å². The smallest absolute Gasteiger partial charge is 0.115 e. The molecule has 2 nitrogen and oxygen atoms in total. The predicted molar refractivity (Wildman–Crippen MR) is 125 cm³/mol. The quantitative estimate of drug-likeness (QED) is 0.582. The van der Waals surface area contributed by atoms with Gasteiger partial charge in [-0.3, -0.25) is 0 Å². The Bertz CT molecular complexity index is 701. The minimum absolute atomic E-state index is 0.310. The fourth-order valence-electron chi connectivity index (χ4n) is 2.46. The number of hydrogen-bond donors (Lipinski definition) is 2. The molecule has 0 saturated carbocycles. The molecule has 0 aliphatic carbocycles. The zero-order valence-electron chi connectivity index (χ0n) is 17.4. The lowest BCUT2D eigenvalue weighted by Crippen LogP contribution is -2.20. The van der Waals surface area contributed by atoms with Crippen molar-refractivity contribution in [2.24, 2.45) is 5.92 Å². The molecule has 0 radical (unpaired) electrons. The number of aliphatic hydroxyl groups excluding tert-OH is 1. The maximum Gasteiger partial charge on any atom is 0.115 e. The summed E-state index contributed by atoms with van der Waals surface area (Å²) >= 11 is 0. The third-order valence-corrected chi connectivity index (χ3v) is 6.29. The second kappa shape index (κ2) is 13.9. The first-order chi connectivity index (χ1) is 13.6. The number of hydrogen-bond acceptors (Lipinski definition) is 2. The van der Waals surface area contributed by atoms with E-state index in [0.29, 0.717) is 18.3 Å². The molecule has 0 atom stereocenters. The minimum atomic E-state index is -0.569. The summed E-state index contributed by atoms with van der Waals surface area (Å²) in [5, 5.41) is 21.6. The highest BCUT2D eigenvalue weighted by Crippen LogP contribution is 2.32. The van der Waals surface area contributed by atoms with Gasteiger partial charge in [-0.1, -0.05) is 100 Å². The van der Waals surface area contributed by atoms with Crippen LogP contribution in [0.5, 0.6) is 5.75 Å². The molecule has 150 valence electrons. The summed E-state index contributed by atoms with van der Waals surface area (Å²) in [7, 11) is -0.569. The molecule has 0 bridgehead atoms. The molecule has 0 spiro atoms. The van der Waals surface area contributed by atoms with Crippen molar-refractivity contribution in [1.82, 2.24) is 0 Å². The lowest BCUT2D eigenvalue weighted by atomic mass is 10.2. The van der Waals surface area contributed by atoms with Crippen molar-refractivity contribution < 1.29 is 10.2 Å². The molecule has 2 N–H and O–H groups in total. The molecule has 0 unspecified atom stereocenters. The van der Waals surface area contributed by atoms with E-state index in [-0.39, 0.29) is 0 Å². The lowest BCUT2D eigenvalue weighted by Gasteiger charge is -2.19. The van der Waals surface area contributed by atoms with Gasteiger partial charge in [-0.05, 0) is 48.3 Å². The fraction of sp³-hybridized carbons (Fsp3) is 0.280. The molecule has 0 aromatic heterocycles. The van der Waals surface area contributed by atoms with Gasteiger partial charge < -0.3 is 10.2 Å². The molecule has 0 amide bonds. The third-order valence-electron chi connectivity index (χ3n) is 3.84. The first-order valence-corrected chi connectivity index (χ1v) is 11.3. The Labute approximate surface area is 171 Å². The van der Waals surface area contributed by atoms with Crippen LogP contribution in [0, 0.1) is 5.92 Å². The summed E-state index contributed by atoms with van der Waals surface area (Å²) in [6.07, 6.45) is 0.931. The zero-order chi connectivity index (χ0) is 20.8. The second-order valence-electron chi connectivity index (χ2n) is 6.43. The highest BCUT2D eigenvalue weighted by atomic mass is 31.1. The van der Waals surface area contributed by atoms with Gasteiger partial charge >= 0.3 is 0 Å². The first kappa shape index (κ1) is 23.9. The molecule has 0 aliphatic rings. The van der Waals surface area contributed by atoms with E-state index in [1.165, 1.54) is 15.9 Å². The average Bonchev–Trinajstić information content (AvgIpc) is 2.73. The van der Waals surface area contributed by atoms with Crippen molar-refractivity contribution in [3.8, 4) is 5.75 Å². The molecule has 3 heteroatoms. The van der Waals surface area contributed by atoms with Crippen LogP contribution in [-0.4, -0.2) is 16.8 Å². The van der Waals surface area contributed by atoms with Crippen LogP contribution in [0.2, 0.25) is 0 Å². The Kier molecular flexibility index (Phi) is 11.9. The van der Waals surface area contributed by atoms with Gasteiger partial charge in [0.15, 0.2) is 0 Å². The van der Waals surface area contributed by atoms with Crippen molar-refractivity contribution >= 4 is 23.8 Å². The SMILES string of the molecule is CC.CC(C)CCO.Oc1ccc(P(c2ccccc2)c2ccccc2)cc1. The maximum absolute atomic E-state index is 9.49. The van der Waals surface area contributed by atoms with E-state index in [2.05, 4.69) is 62.4 Å². The topological polar surface area (TPSA) is 40.5 Å². The second-order valence-corrected chi connectivity index (χ2v) is 8.65. The summed E-state index contributed by atoms with van der Waals surface area (Å²) in [5.74, 6) is 0.958. The molecule has 0 fully saturated rings. The summed E-state index contributed by atoms with van der Waals surface area (Å²) in [5.41, 5.74) is 0. The Morgan fingerprint density at radius 2 is 1.07 bits per heavy atom. The van der Waals surface area contributed by atoms with Crippen molar-refractivity contribution in [2.45, 2.75) is 34.1 Å². The maximum atomic E-state index is 9.49. The third kappa shape index (κ3) is 8.25. The van der Waals surface area contributed by atoms with E-state index >= 15 is 0 Å². The van der Waals surface area contributed by atoms with Crippen molar-refractivity contribution in [3.05, 3.63) is 84.9 Å². The Balaban J connectivity index is 0.000000422. The van der Waals surface area contributed by atoms with Gasteiger partial charge in [-0.2, -0.15) is 0 Å². The van der Waals surface area contributed by atoms with Gasteiger partial charge in [0, 0.05) is 6.61 Å². The summed E-state index contributed by atoms with van der Waals surface area (Å²) < 4.78 is 0. The van der Waals surface area contributed by atoms with Gasteiger partial charge in [0.05, 0.1) is 0 Å². The Morgan fingerprint density at radius 1 is 0.679 bits per heavy atom. The van der Waals surface area contributed by atoms with Crippen molar-refractivity contribution in [1.29, 1.82) is 0 Å². The fourth-order valence-corrected chi connectivity index (χ4v) is 4.74. The van der Waals surface area contributed by atoms with E-state index in [0.717, 1.165) is 6.42 Å². The largest absolute Gasteiger partial charge is 0.508 e. The van der Waals surface area contributed by atoms with Crippen LogP contribution in [0.4, 0.5) is 0 Å². The van der Waals surface area contributed by atoms with Gasteiger partial charge in [0.2, 0.25) is 0 Å².